The van der Waals surface area contributed by atoms with E-state index in [-0.39, 0.29) is 5.91 Å². The first-order valence-corrected chi connectivity index (χ1v) is 5.57. The van der Waals surface area contributed by atoms with Gasteiger partial charge in [0.25, 0.3) is 5.91 Å². The second kappa shape index (κ2) is 4.60. The predicted octanol–water partition coefficient (Wildman–Crippen LogP) is 2.87. The van der Waals surface area contributed by atoms with Crippen molar-refractivity contribution in [3.63, 3.8) is 0 Å². The lowest BCUT2D eigenvalue weighted by Crippen LogP contribution is -2.10. The zero-order valence-corrected chi connectivity index (χ0v) is 9.12. The van der Waals surface area contributed by atoms with Crippen molar-refractivity contribution in [2.24, 2.45) is 0 Å². The van der Waals surface area contributed by atoms with Crippen LogP contribution in [0.3, 0.4) is 0 Å². The average molecular weight is 228 g/mol. The van der Waals surface area contributed by atoms with Crippen LogP contribution in [0.2, 0.25) is 0 Å². The lowest BCUT2D eigenvalue weighted by Gasteiger charge is -2.03. The van der Waals surface area contributed by atoms with Gasteiger partial charge in [-0.2, -0.15) is 16.6 Å². The maximum Gasteiger partial charge on any atom is 0.256 e. The summed E-state index contributed by atoms with van der Waals surface area (Å²) in [6, 6.07) is 10.6. The van der Waals surface area contributed by atoms with Crippen LogP contribution in [-0.2, 0) is 0 Å². The molecule has 2 aromatic rings. The minimum atomic E-state index is -0.156. The van der Waals surface area contributed by atoms with Crippen LogP contribution in [0, 0.1) is 11.3 Å². The van der Waals surface area contributed by atoms with Crippen LogP contribution in [0.15, 0.2) is 41.1 Å². The Morgan fingerprint density at radius 1 is 1.38 bits per heavy atom. The first-order chi connectivity index (χ1) is 7.79. The lowest BCUT2D eigenvalue weighted by atomic mass is 10.2. The van der Waals surface area contributed by atoms with E-state index in [2.05, 4.69) is 5.32 Å². The molecule has 1 aromatic heterocycles. The lowest BCUT2D eigenvalue weighted by molar-refractivity contribution is 0.102. The van der Waals surface area contributed by atoms with Gasteiger partial charge in [0, 0.05) is 11.1 Å². The number of carbonyl (C=O) groups excluding carboxylic acids is 1. The summed E-state index contributed by atoms with van der Waals surface area (Å²) in [5.74, 6) is -0.156. The highest BCUT2D eigenvalue weighted by Gasteiger charge is 2.05. The third-order valence-electron chi connectivity index (χ3n) is 2.03. The van der Waals surface area contributed by atoms with Crippen LogP contribution >= 0.6 is 11.3 Å². The predicted molar refractivity (Wildman–Crippen MR) is 63.4 cm³/mol. The van der Waals surface area contributed by atoms with Gasteiger partial charge in [0.05, 0.1) is 17.2 Å². The van der Waals surface area contributed by atoms with Crippen LogP contribution in [-0.4, -0.2) is 5.91 Å². The van der Waals surface area contributed by atoms with E-state index in [0.717, 1.165) is 0 Å². The minimum absolute atomic E-state index is 0.156. The number of benzene rings is 1. The van der Waals surface area contributed by atoms with Crippen LogP contribution in [0.25, 0.3) is 0 Å². The van der Waals surface area contributed by atoms with Crippen molar-refractivity contribution in [3.05, 3.63) is 52.2 Å². The van der Waals surface area contributed by atoms with E-state index < -0.39 is 0 Å². The number of carbonyl (C=O) groups is 1. The summed E-state index contributed by atoms with van der Waals surface area (Å²) in [6.45, 7) is 0. The van der Waals surface area contributed by atoms with Crippen LogP contribution in [0.4, 0.5) is 5.69 Å². The molecule has 0 bridgehead atoms. The van der Waals surface area contributed by atoms with Gasteiger partial charge in [-0.3, -0.25) is 4.79 Å². The van der Waals surface area contributed by atoms with Crippen molar-refractivity contribution in [3.8, 4) is 6.07 Å². The van der Waals surface area contributed by atoms with Gasteiger partial charge < -0.3 is 5.32 Å². The summed E-state index contributed by atoms with van der Waals surface area (Å²) in [5, 5.41) is 15.1. The Bertz CT molecular complexity index is 540. The molecule has 0 fully saturated rings. The van der Waals surface area contributed by atoms with Gasteiger partial charge in [-0.25, -0.2) is 0 Å². The summed E-state index contributed by atoms with van der Waals surface area (Å²) in [5.41, 5.74) is 1.80. The first-order valence-electron chi connectivity index (χ1n) is 4.63. The molecule has 16 heavy (non-hydrogen) atoms. The van der Waals surface area contributed by atoms with Gasteiger partial charge in [-0.1, -0.05) is 6.07 Å². The van der Waals surface area contributed by atoms with E-state index in [1.54, 1.807) is 35.7 Å². The molecule has 0 spiro atoms. The summed E-state index contributed by atoms with van der Waals surface area (Å²) in [4.78, 5) is 11.7. The molecule has 0 unspecified atom stereocenters. The maximum absolute atomic E-state index is 11.7. The third-order valence-corrected chi connectivity index (χ3v) is 2.72. The molecular formula is C12H8N2OS. The largest absolute Gasteiger partial charge is 0.322 e. The van der Waals surface area contributed by atoms with Gasteiger partial charge >= 0.3 is 0 Å². The molecule has 3 nitrogen and oxygen atoms in total. The fraction of sp³-hybridized carbons (Fsp3) is 0. The summed E-state index contributed by atoms with van der Waals surface area (Å²) >= 11 is 1.47. The van der Waals surface area contributed by atoms with Gasteiger partial charge in [0.1, 0.15) is 0 Å². The zero-order chi connectivity index (χ0) is 11.4. The highest BCUT2D eigenvalue weighted by Crippen LogP contribution is 2.13. The van der Waals surface area contributed by atoms with E-state index in [1.807, 2.05) is 11.4 Å². The van der Waals surface area contributed by atoms with Crippen LogP contribution in [0.5, 0.6) is 0 Å². The molecule has 0 saturated carbocycles. The third kappa shape index (κ3) is 2.27. The first kappa shape index (κ1) is 10.4. The summed E-state index contributed by atoms with van der Waals surface area (Å²) < 4.78 is 0. The maximum atomic E-state index is 11.7. The molecule has 78 valence electrons. The number of anilines is 1. The summed E-state index contributed by atoms with van der Waals surface area (Å²) in [7, 11) is 0. The van der Waals surface area contributed by atoms with Crippen LogP contribution < -0.4 is 5.32 Å². The molecular weight excluding hydrogens is 220 g/mol. The Hall–Kier alpha value is -2.12. The Morgan fingerprint density at radius 3 is 2.94 bits per heavy atom. The number of amides is 1. The Balaban J connectivity index is 2.16. The van der Waals surface area contributed by atoms with Crippen molar-refractivity contribution < 1.29 is 4.79 Å². The van der Waals surface area contributed by atoms with Gasteiger partial charge in [0.15, 0.2) is 0 Å². The fourth-order valence-electron chi connectivity index (χ4n) is 1.26. The smallest absolute Gasteiger partial charge is 0.256 e. The fourth-order valence-corrected chi connectivity index (χ4v) is 1.90. The van der Waals surface area contributed by atoms with Crippen molar-refractivity contribution in [2.45, 2.75) is 0 Å². The number of nitriles is 1. The SMILES string of the molecule is N#Cc1cccc(NC(=O)c2ccsc2)c1. The van der Waals surface area contributed by atoms with E-state index >= 15 is 0 Å². The second-order valence-electron chi connectivity index (χ2n) is 3.16. The molecule has 1 aromatic carbocycles. The summed E-state index contributed by atoms with van der Waals surface area (Å²) in [6.07, 6.45) is 0. The van der Waals surface area contributed by atoms with Gasteiger partial charge in [-0.05, 0) is 29.6 Å². The Morgan fingerprint density at radius 2 is 2.25 bits per heavy atom. The molecule has 0 radical (unpaired) electrons. The topological polar surface area (TPSA) is 52.9 Å². The van der Waals surface area contributed by atoms with E-state index in [1.165, 1.54) is 11.3 Å². The minimum Gasteiger partial charge on any atom is -0.322 e. The molecule has 0 aliphatic rings. The van der Waals surface area contributed by atoms with Crippen molar-refractivity contribution in [1.29, 1.82) is 5.26 Å². The number of nitrogens with zero attached hydrogens (tertiary/aromatic N) is 1. The van der Waals surface area contributed by atoms with Gasteiger partial charge in [0.2, 0.25) is 0 Å². The molecule has 0 aliphatic heterocycles. The van der Waals surface area contributed by atoms with E-state index in [0.29, 0.717) is 16.8 Å². The molecule has 0 aliphatic carbocycles. The van der Waals surface area contributed by atoms with Gasteiger partial charge in [-0.15, -0.1) is 0 Å². The number of rotatable bonds is 2. The standard InChI is InChI=1S/C12H8N2OS/c13-7-9-2-1-3-11(6-9)14-12(15)10-4-5-16-8-10/h1-6,8H,(H,14,15). The molecule has 0 saturated heterocycles. The highest BCUT2D eigenvalue weighted by molar-refractivity contribution is 7.08. The quantitative estimate of drug-likeness (QED) is 0.859. The second-order valence-corrected chi connectivity index (χ2v) is 3.94. The molecule has 4 heteroatoms. The van der Waals surface area contributed by atoms with E-state index in [4.69, 9.17) is 5.26 Å². The highest BCUT2D eigenvalue weighted by atomic mass is 32.1. The molecule has 1 N–H and O–H groups in total. The number of hydrogen-bond donors (Lipinski definition) is 1. The zero-order valence-electron chi connectivity index (χ0n) is 8.31. The molecule has 1 heterocycles. The molecule has 0 atom stereocenters. The van der Waals surface area contributed by atoms with Crippen molar-refractivity contribution >= 4 is 22.9 Å². The Labute approximate surface area is 97.0 Å². The normalized spacial score (nSPS) is 9.44. The average Bonchev–Trinajstić information content (AvgIpc) is 2.83. The molecule has 1 amide bonds. The van der Waals surface area contributed by atoms with E-state index in [9.17, 15) is 4.79 Å². The monoisotopic (exact) mass is 228 g/mol. The van der Waals surface area contributed by atoms with Crippen molar-refractivity contribution in [2.75, 3.05) is 5.32 Å². The number of thiophene rings is 1. The number of nitrogens with one attached hydrogen (secondary N) is 1. The number of hydrogen-bond acceptors (Lipinski definition) is 3. The molecule has 2 rings (SSSR count). The van der Waals surface area contributed by atoms with Crippen molar-refractivity contribution in [1.82, 2.24) is 0 Å². The van der Waals surface area contributed by atoms with Crippen LogP contribution in [0.1, 0.15) is 15.9 Å². The Kier molecular flexibility index (Phi) is 2.99.